The van der Waals surface area contributed by atoms with E-state index in [1.807, 2.05) is 0 Å². The number of hydrogen-bond donors (Lipinski definition) is 7. The van der Waals surface area contributed by atoms with Crippen molar-refractivity contribution < 1.29 is 42.8 Å². The molecule has 0 radical (unpaired) electrons. The standard InChI is InChI=1S/C20H23FN9O10PS/c21-9-12(32)8(39-18(9)29-5-25-10-14(29)23-4-24-16(10)34)2-38-41(36,42)40-20(3-37-7(1-31)13(20)33)30-6-26-11-15(30)27-19(22)28-17(11)35/h4-9,12-13,18,31-33H,1-3H2,(H,36,42)(H,23,24,34)(H3,22,27,28,35)/t7-,8-,9+,12-,13-,18-,20+,41-/m1/s1. The summed E-state index contributed by atoms with van der Waals surface area (Å²) in [5.74, 6) is -0.296. The van der Waals surface area contributed by atoms with Crippen LogP contribution in [0.15, 0.2) is 28.6 Å². The first kappa shape index (κ1) is 28.8. The molecule has 2 fully saturated rings. The Kier molecular flexibility index (Phi) is 7.19. The average molecular weight is 631 g/mol. The quantitative estimate of drug-likeness (QED) is 0.0811. The number of nitrogen functional groups attached to an aromatic ring is 1. The largest absolute Gasteiger partial charge is 0.394 e. The van der Waals surface area contributed by atoms with Crippen LogP contribution in [0.25, 0.3) is 22.3 Å². The van der Waals surface area contributed by atoms with Gasteiger partial charge in [-0.15, -0.1) is 0 Å². The SMILES string of the molecule is Nc1nc2c(ncn2[C@]2(O[P@](=O)(S)OC[C@H]3O[C@@H](n4cnc5c(=O)[nH]cnc54)[C@@H](F)[C@@H]3O)CO[C@H](CO)[C@H]2O)c(=O)[nH]1. The Morgan fingerprint density at radius 3 is 2.67 bits per heavy atom. The molecule has 0 amide bonds. The van der Waals surface area contributed by atoms with E-state index in [-0.39, 0.29) is 28.3 Å². The summed E-state index contributed by atoms with van der Waals surface area (Å²) >= 11 is 3.99. The third-order valence-electron chi connectivity index (χ3n) is 6.94. The predicted molar refractivity (Wildman–Crippen MR) is 140 cm³/mol. The number of alkyl halides is 1. The lowest BCUT2D eigenvalue weighted by atomic mass is 10.1. The first-order valence-electron chi connectivity index (χ1n) is 12.2. The van der Waals surface area contributed by atoms with Gasteiger partial charge >= 0.3 is 6.80 Å². The van der Waals surface area contributed by atoms with Gasteiger partial charge in [-0.3, -0.25) is 32.8 Å². The summed E-state index contributed by atoms with van der Waals surface area (Å²) in [6.07, 6.45) is -6.37. The number of aliphatic hydroxyl groups excluding tert-OH is 3. The highest BCUT2D eigenvalue weighted by Gasteiger charge is 2.56. The van der Waals surface area contributed by atoms with E-state index in [0.29, 0.717) is 0 Å². The molecule has 2 saturated heterocycles. The van der Waals surface area contributed by atoms with Gasteiger partial charge in [-0.2, -0.15) is 4.98 Å². The number of nitrogens with one attached hydrogen (secondary N) is 2. The minimum atomic E-state index is -4.56. The van der Waals surface area contributed by atoms with Crippen LogP contribution in [0.4, 0.5) is 10.3 Å². The molecule has 4 aromatic heterocycles. The van der Waals surface area contributed by atoms with Crippen molar-refractivity contribution in [2.75, 3.05) is 25.6 Å². The van der Waals surface area contributed by atoms with Crippen LogP contribution in [0.1, 0.15) is 6.23 Å². The van der Waals surface area contributed by atoms with Crippen molar-refractivity contribution in [2.45, 2.75) is 42.5 Å². The summed E-state index contributed by atoms with van der Waals surface area (Å²) in [6, 6.07) is 0. The first-order valence-corrected chi connectivity index (χ1v) is 14.8. The molecule has 0 saturated carbocycles. The van der Waals surface area contributed by atoms with Crippen LogP contribution in [0, 0.1) is 0 Å². The number of halogens is 1. The molecule has 0 spiro atoms. The zero-order chi connectivity index (χ0) is 30.0. The van der Waals surface area contributed by atoms with Gasteiger partial charge in [0.2, 0.25) is 11.7 Å². The molecular formula is C20H23FN9O10PS. The van der Waals surface area contributed by atoms with E-state index in [1.54, 1.807) is 0 Å². The van der Waals surface area contributed by atoms with E-state index in [2.05, 4.69) is 42.2 Å². The number of hydrogen-bond acceptors (Lipinski definition) is 15. The van der Waals surface area contributed by atoms with Gasteiger partial charge < -0.3 is 35.5 Å². The molecule has 8 atom stereocenters. The highest BCUT2D eigenvalue weighted by atomic mass is 32.7. The van der Waals surface area contributed by atoms with Crippen molar-refractivity contribution in [3.05, 3.63) is 39.7 Å². The molecule has 0 unspecified atom stereocenters. The number of fused-ring (bicyclic) bond motifs is 2. The Bertz CT molecular complexity index is 1820. The molecular weight excluding hydrogens is 608 g/mol. The van der Waals surface area contributed by atoms with Crippen molar-refractivity contribution in [3.8, 4) is 0 Å². The maximum atomic E-state index is 15.1. The van der Waals surface area contributed by atoms with E-state index < -0.39 is 80.3 Å². The van der Waals surface area contributed by atoms with Gasteiger partial charge in [0, 0.05) is 0 Å². The predicted octanol–water partition coefficient (Wildman–Crippen LogP) is -2.09. The summed E-state index contributed by atoms with van der Waals surface area (Å²) in [4.78, 5) is 44.7. The summed E-state index contributed by atoms with van der Waals surface area (Å²) in [5, 5.41) is 31.2. The Morgan fingerprint density at radius 1 is 1.19 bits per heavy atom. The number of ether oxygens (including phenoxy) is 2. The van der Waals surface area contributed by atoms with Crippen LogP contribution < -0.4 is 16.9 Å². The number of nitrogens with two attached hydrogens (primary N) is 1. The highest BCUT2D eigenvalue weighted by molar-refractivity contribution is 8.44. The molecule has 6 heterocycles. The molecule has 42 heavy (non-hydrogen) atoms. The van der Waals surface area contributed by atoms with E-state index in [1.165, 1.54) is 0 Å². The fraction of sp³-hybridized carbons (Fsp3) is 0.500. The molecule has 0 aliphatic carbocycles. The lowest BCUT2D eigenvalue weighted by Gasteiger charge is -2.34. The molecule has 2 aliphatic heterocycles. The van der Waals surface area contributed by atoms with Crippen molar-refractivity contribution in [1.82, 2.24) is 39.0 Å². The van der Waals surface area contributed by atoms with Gasteiger partial charge in [-0.1, -0.05) is 12.2 Å². The van der Waals surface area contributed by atoms with Crippen molar-refractivity contribution in [3.63, 3.8) is 0 Å². The molecule has 226 valence electrons. The lowest BCUT2D eigenvalue weighted by molar-refractivity contribution is -0.0975. The zero-order valence-electron chi connectivity index (χ0n) is 21.0. The summed E-state index contributed by atoms with van der Waals surface area (Å²) < 4.78 is 52.9. The number of H-pyrrole nitrogens is 2. The van der Waals surface area contributed by atoms with E-state index in [0.717, 1.165) is 28.1 Å². The molecule has 7 N–H and O–H groups in total. The van der Waals surface area contributed by atoms with Crippen molar-refractivity contribution in [2.24, 2.45) is 0 Å². The molecule has 6 rings (SSSR count). The van der Waals surface area contributed by atoms with Crippen molar-refractivity contribution in [1.29, 1.82) is 0 Å². The fourth-order valence-corrected chi connectivity index (χ4v) is 6.55. The van der Waals surface area contributed by atoms with Crippen LogP contribution in [0.5, 0.6) is 0 Å². The normalized spacial score (nSPS) is 31.3. The number of rotatable bonds is 8. The molecule has 0 aromatic carbocycles. The van der Waals surface area contributed by atoms with Gasteiger partial charge in [0.05, 0.1) is 38.8 Å². The first-order chi connectivity index (χ1) is 20.0. The van der Waals surface area contributed by atoms with E-state index in [9.17, 15) is 29.5 Å². The van der Waals surface area contributed by atoms with Crippen LogP contribution in [-0.4, -0.2) is 105 Å². The number of aromatic amines is 2. The minimum absolute atomic E-state index is 0.000361. The zero-order valence-corrected chi connectivity index (χ0v) is 22.8. The van der Waals surface area contributed by atoms with Crippen LogP contribution in [0.3, 0.4) is 0 Å². The van der Waals surface area contributed by atoms with Gasteiger partial charge in [0.1, 0.15) is 24.4 Å². The number of nitrogens with zero attached hydrogens (tertiary/aromatic N) is 6. The maximum Gasteiger partial charge on any atom is 0.388 e. The summed E-state index contributed by atoms with van der Waals surface area (Å²) in [7, 11) is 0. The molecule has 19 nitrogen and oxygen atoms in total. The van der Waals surface area contributed by atoms with Crippen LogP contribution in [-0.2, 0) is 28.8 Å². The van der Waals surface area contributed by atoms with E-state index >= 15 is 4.39 Å². The third kappa shape index (κ3) is 4.62. The summed E-state index contributed by atoms with van der Waals surface area (Å²) in [6.45, 7) is -6.48. The Balaban J connectivity index is 1.25. The number of aromatic nitrogens is 8. The fourth-order valence-electron chi connectivity index (χ4n) is 4.89. The maximum absolute atomic E-state index is 15.1. The van der Waals surface area contributed by atoms with Crippen molar-refractivity contribution >= 4 is 47.3 Å². The smallest absolute Gasteiger partial charge is 0.388 e. The second-order valence-corrected chi connectivity index (χ2v) is 12.3. The highest BCUT2D eigenvalue weighted by Crippen LogP contribution is 2.59. The number of thiol groups is 1. The summed E-state index contributed by atoms with van der Waals surface area (Å²) in [5.41, 5.74) is 1.78. The second kappa shape index (κ2) is 10.5. The topological polar surface area (TPSA) is 268 Å². The van der Waals surface area contributed by atoms with Gasteiger partial charge in [-0.05, 0) is 0 Å². The third-order valence-corrected chi connectivity index (χ3v) is 8.55. The molecule has 22 heteroatoms. The number of aliphatic hydroxyl groups is 3. The van der Waals surface area contributed by atoms with Gasteiger partial charge in [-0.25, -0.2) is 23.9 Å². The number of anilines is 1. The molecule has 4 aromatic rings. The Labute approximate surface area is 237 Å². The molecule has 0 bridgehead atoms. The van der Waals surface area contributed by atoms with Crippen LogP contribution in [0.2, 0.25) is 0 Å². The van der Waals surface area contributed by atoms with Crippen LogP contribution >= 0.6 is 19.0 Å². The van der Waals surface area contributed by atoms with E-state index in [4.69, 9.17) is 24.3 Å². The monoisotopic (exact) mass is 631 g/mol. The van der Waals surface area contributed by atoms with Gasteiger partial charge in [0.15, 0.2) is 34.7 Å². The lowest BCUT2D eigenvalue weighted by Crippen LogP contribution is -2.48. The molecule has 2 aliphatic rings. The minimum Gasteiger partial charge on any atom is -0.394 e. The second-order valence-electron chi connectivity index (χ2n) is 9.47. The Hall–Kier alpha value is -3.27. The average Bonchev–Trinajstić information content (AvgIpc) is 3.70. The Morgan fingerprint density at radius 2 is 1.93 bits per heavy atom. The van der Waals surface area contributed by atoms with Gasteiger partial charge in [0.25, 0.3) is 11.1 Å². The number of imidazole rings is 2.